The number of aromatic nitrogens is 2. The molecule has 96 valence electrons. The first kappa shape index (κ1) is 13.3. The van der Waals surface area contributed by atoms with E-state index < -0.39 is 0 Å². The van der Waals surface area contributed by atoms with E-state index in [9.17, 15) is 0 Å². The Morgan fingerprint density at radius 1 is 1.33 bits per heavy atom. The normalized spacial score (nSPS) is 10.9. The van der Waals surface area contributed by atoms with Crippen LogP contribution in [-0.4, -0.2) is 23.4 Å². The number of aryl methyl sites for hydroxylation is 2. The average Bonchev–Trinajstić information content (AvgIpc) is 2.71. The quantitative estimate of drug-likeness (QED) is 0.941. The zero-order chi connectivity index (χ0) is 13.1. The molecule has 2 aromatic rings. The van der Waals surface area contributed by atoms with Gasteiger partial charge >= 0.3 is 0 Å². The predicted molar refractivity (Wildman–Crippen MR) is 78.4 cm³/mol. The monoisotopic (exact) mass is 307 g/mol. The van der Waals surface area contributed by atoms with Crippen LogP contribution in [0.15, 0.2) is 28.9 Å². The summed E-state index contributed by atoms with van der Waals surface area (Å²) in [6.07, 6.45) is 2.96. The van der Waals surface area contributed by atoms with E-state index in [2.05, 4.69) is 58.4 Å². The van der Waals surface area contributed by atoms with E-state index in [0.717, 1.165) is 28.8 Å². The summed E-state index contributed by atoms with van der Waals surface area (Å²) in [4.78, 5) is 0. The van der Waals surface area contributed by atoms with E-state index >= 15 is 0 Å². The molecule has 0 amide bonds. The minimum atomic E-state index is 0.926. The third kappa shape index (κ3) is 2.82. The first-order chi connectivity index (χ1) is 8.61. The van der Waals surface area contributed by atoms with E-state index in [4.69, 9.17) is 0 Å². The maximum atomic E-state index is 4.65. The fourth-order valence-electron chi connectivity index (χ4n) is 1.89. The summed E-state index contributed by atoms with van der Waals surface area (Å²) in [5, 5.41) is 7.79. The number of rotatable bonds is 4. The molecule has 0 bridgehead atoms. The van der Waals surface area contributed by atoms with Gasteiger partial charge in [0.05, 0.1) is 15.9 Å². The zero-order valence-corrected chi connectivity index (χ0v) is 12.6. The minimum absolute atomic E-state index is 0.926. The van der Waals surface area contributed by atoms with E-state index in [1.54, 1.807) is 0 Å². The number of halogens is 1. The van der Waals surface area contributed by atoms with Gasteiger partial charge in [0.15, 0.2) is 0 Å². The Morgan fingerprint density at radius 3 is 2.83 bits per heavy atom. The zero-order valence-electron chi connectivity index (χ0n) is 11.0. The molecule has 0 unspecified atom stereocenters. The number of hydrogen-bond donors (Lipinski definition) is 1. The molecule has 2 rings (SSSR count). The molecular weight excluding hydrogens is 290 g/mol. The Bertz CT molecular complexity index is 546. The number of hydrogen-bond acceptors (Lipinski definition) is 2. The summed E-state index contributed by atoms with van der Waals surface area (Å²) in [5.41, 5.74) is 4.71. The van der Waals surface area contributed by atoms with Crippen LogP contribution in [0, 0.1) is 13.8 Å². The van der Waals surface area contributed by atoms with Crippen molar-refractivity contribution in [3.63, 3.8) is 0 Å². The first-order valence-electron chi connectivity index (χ1n) is 6.08. The van der Waals surface area contributed by atoms with Gasteiger partial charge in [0.25, 0.3) is 0 Å². The lowest BCUT2D eigenvalue weighted by atomic mass is 10.1. The second kappa shape index (κ2) is 5.67. The smallest absolute Gasteiger partial charge is 0.0783 e. The van der Waals surface area contributed by atoms with Crippen molar-refractivity contribution in [1.82, 2.24) is 15.1 Å². The third-order valence-electron chi connectivity index (χ3n) is 2.96. The molecular formula is C14H18BrN3. The van der Waals surface area contributed by atoms with Gasteiger partial charge in [0, 0.05) is 19.2 Å². The molecule has 4 heteroatoms. The van der Waals surface area contributed by atoms with Crippen molar-refractivity contribution in [2.45, 2.75) is 20.3 Å². The molecule has 0 aliphatic rings. The van der Waals surface area contributed by atoms with Gasteiger partial charge in [-0.15, -0.1) is 0 Å². The standard InChI is InChI=1S/C14H18BrN3/c1-10-4-5-11(2)14(8-10)18-9-12(15)13(17-18)6-7-16-3/h4-5,8-9,16H,6-7H2,1-3H3. The van der Waals surface area contributed by atoms with Gasteiger partial charge in [0.1, 0.15) is 0 Å². The van der Waals surface area contributed by atoms with Gasteiger partial charge in [0.2, 0.25) is 0 Å². The number of likely N-dealkylation sites (N-methyl/N-ethyl adjacent to an activating group) is 1. The van der Waals surface area contributed by atoms with Crippen molar-refractivity contribution < 1.29 is 0 Å². The van der Waals surface area contributed by atoms with E-state index in [1.807, 2.05) is 17.9 Å². The number of benzene rings is 1. The molecule has 0 aliphatic heterocycles. The Balaban J connectivity index is 2.36. The van der Waals surface area contributed by atoms with Crippen LogP contribution in [0.1, 0.15) is 16.8 Å². The first-order valence-corrected chi connectivity index (χ1v) is 6.87. The van der Waals surface area contributed by atoms with Crippen LogP contribution < -0.4 is 5.32 Å². The highest BCUT2D eigenvalue weighted by atomic mass is 79.9. The van der Waals surface area contributed by atoms with Gasteiger partial charge in [-0.05, 0) is 54.0 Å². The molecule has 0 spiro atoms. The van der Waals surface area contributed by atoms with Gasteiger partial charge in [-0.25, -0.2) is 4.68 Å². The Kier molecular flexibility index (Phi) is 4.19. The maximum Gasteiger partial charge on any atom is 0.0783 e. The van der Waals surface area contributed by atoms with E-state index in [0.29, 0.717) is 0 Å². The topological polar surface area (TPSA) is 29.9 Å². The van der Waals surface area contributed by atoms with Crippen LogP contribution in [0.5, 0.6) is 0 Å². The summed E-state index contributed by atoms with van der Waals surface area (Å²) in [6, 6.07) is 6.42. The minimum Gasteiger partial charge on any atom is -0.319 e. The van der Waals surface area contributed by atoms with Crippen molar-refractivity contribution in [2.75, 3.05) is 13.6 Å². The van der Waals surface area contributed by atoms with Gasteiger partial charge < -0.3 is 5.32 Å². The lowest BCUT2D eigenvalue weighted by Gasteiger charge is -2.06. The lowest BCUT2D eigenvalue weighted by molar-refractivity contribution is 0.752. The second-order valence-corrected chi connectivity index (χ2v) is 5.37. The lowest BCUT2D eigenvalue weighted by Crippen LogP contribution is -2.11. The molecule has 0 aliphatic carbocycles. The summed E-state index contributed by atoms with van der Waals surface area (Å²) in [7, 11) is 1.95. The van der Waals surface area contributed by atoms with Crippen LogP contribution in [0.4, 0.5) is 0 Å². The molecule has 0 atom stereocenters. The summed E-state index contributed by atoms with van der Waals surface area (Å²) in [5.74, 6) is 0. The Hall–Kier alpha value is -1.13. The molecule has 1 aromatic heterocycles. The Morgan fingerprint density at radius 2 is 2.11 bits per heavy atom. The molecule has 1 aromatic carbocycles. The third-order valence-corrected chi connectivity index (χ3v) is 3.63. The summed E-state index contributed by atoms with van der Waals surface area (Å²) < 4.78 is 3.02. The van der Waals surface area contributed by atoms with Gasteiger partial charge in [-0.3, -0.25) is 0 Å². The highest BCUT2D eigenvalue weighted by Gasteiger charge is 2.09. The van der Waals surface area contributed by atoms with Crippen molar-refractivity contribution in [3.8, 4) is 5.69 Å². The molecule has 18 heavy (non-hydrogen) atoms. The molecule has 0 saturated heterocycles. The van der Waals surface area contributed by atoms with Crippen molar-refractivity contribution in [1.29, 1.82) is 0 Å². The second-order valence-electron chi connectivity index (χ2n) is 4.51. The highest BCUT2D eigenvalue weighted by Crippen LogP contribution is 2.21. The molecule has 3 nitrogen and oxygen atoms in total. The highest BCUT2D eigenvalue weighted by molar-refractivity contribution is 9.10. The van der Waals surface area contributed by atoms with E-state index in [-0.39, 0.29) is 0 Å². The van der Waals surface area contributed by atoms with Gasteiger partial charge in [-0.1, -0.05) is 12.1 Å². The number of nitrogens with zero attached hydrogens (tertiary/aromatic N) is 2. The largest absolute Gasteiger partial charge is 0.319 e. The predicted octanol–water partition coefficient (Wildman–Crippen LogP) is 3.01. The maximum absolute atomic E-state index is 4.65. The fourth-order valence-corrected chi connectivity index (χ4v) is 2.36. The van der Waals surface area contributed by atoms with Crippen LogP contribution in [0.3, 0.4) is 0 Å². The van der Waals surface area contributed by atoms with Crippen LogP contribution >= 0.6 is 15.9 Å². The fraction of sp³-hybridized carbons (Fsp3) is 0.357. The van der Waals surface area contributed by atoms with Crippen LogP contribution in [0.25, 0.3) is 5.69 Å². The van der Waals surface area contributed by atoms with Gasteiger partial charge in [-0.2, -0.15) is 5.10 Å². The molecule has 0 fully saturated rings. The van der Waals surface area contributed by atoms with E-state index in [1.165, 1.54) is 11.1 Å². The SMILES string of the molecule is CNCCc1nn(-c2cc(C)ccc2C)cc1Br. The van der Waals surface area contributed by atoms with Crippen LogP contribution in [0.2, 0.25) is 0 Å². The summed E-state index contributed by atoms with van der Waals surface area (Å²) in [6.45, 7) is 5.14. The molecule has 0 saturated carbocycles. The Labute approximate surface area is 116 Å². The summed E-state index contributed by atoms with van der Waals surface area (Å²) >= 11 is 3.58. The molecule has 1 heterocycles. The van der Waals surface area contributed by atoms with Crippen molar-refractivity contribution in [2.24, 2.45) is 0 Å². The number of nitrogens with one attached hydrogen (secondary N) is 1. The van der Waals surface area contributed by atoms with Crippen molar-refractivity contribution >= 4 is 15.9 Å². The average molecular weight is 308 g/mol. The molecule has 1 N–H and O–H groups in total. The molecule has 0 radical (unpaired) electrons. The van der Waals surface area contributed by atoms with Crippen molar-refractivity contribution in [3.05, 3.63) is 45.7 Å². The van der Waals surface area contributed by atoms with Crippen LogP contribution in [-0.2, 0) is 6.42 Å².